The van der Waals surface area contributed by atoms with Gasteiger partial charge in [-0.15, -0.1) is 11.3 Å². The summed E-state index contributed by atoms with van der Waals surface area (Å²) in [4.78, 5) is 27.0. The number of nitrogens with one attached hydrogen (secondary N) is 1. The maximum atomic E-state index is 13.2. The van der Waals surface area contributed by atoms with Gasteiger partial charge in [-0.05, 0) is 46.2 Å². The highest BCUT2D eigenvalue weighted by Gasteiger charge is 2.39. The first-order valence-electron chi connectivity index (χ1n) is 8.49. The number of hydrogen-bond donors (Lipinski definition) is 1. The summed E-state index contributed by atoms with van der Waals surface area (Å²) in [7, 11) is 2.18. The lowest BCUT2D eigenvalue weighted by molar-refractivity contribution is 0.0668. The molecule has 2 atom stereocenters. The van der Waals surface area contributed by atoms with Crippen molar-refractivity contribution in [3.05, 3.63) is 16.9 Å². The number of amides is 1. The summed E-state index contributed by atoms with van der Waals surface area (Å²) in [5.74, 6) is 0.745. The molecule has 7 nitrogen and oxygen atoms in total. The molecule has 24 heavy (non-hydrogen) atoms. The van der Waals surface area contributed by atoms with Crippen molar-refractivity contribution in [2.24, 2.45) is 0 Å². The van der Waals surface area contributed by atoms with Crippen molar-refractivity contribution < 1.29 is 4.79 Å². The number of carbonyl (C=O) groups is 1. The number of carbonyl (C=O) groups excluding carboxylic acids is 1. The van der Waals surface area contributed by atoms with Gasteiger partial charge in [0.2, 0.25) is 0 Å². The van der Waals surface area contributed by atoms with Crippen molar-refractivity contribution >= 4 is 17.2 Å². The predicted molar refractivity (Wildman–Crippen MR) is 91.9 cm³/mol. The number of hydrogen-bond acceptors (Lipinski definition) is 6. The monoisotopic (exact) mass is 346 g/mol. The van der Waals surface area contributed by atoms with Crippen molar-refractivity contribution in [1.82, 2.24) is 30.0 Å². The minimum absolute atomic E-state index is 0.124. The maximum absolute atomic E-state index is 13.2. The van der Waals surface area contributed by atoms with E-state index in [0.717, 1.165) is 41.5 Å². The van der Waals surface area contributed by atoms with Gasteiger partial charge in [0.15, 0.2) is 10.8 Å². The molecule has 0 radical (unpaired) electrons. The molecular formula is C16H22N6OS. The van der Waals surface area contributed by atoms with Gasteiger partial charge in [0.1, 0.15) is 11.2 Å². The molecule has 2 aliphatic rings. The van der Waals surface area contributed by atoms with E-state index in [1.54, 1.807) is 0 Å². The Morgan fingerprint density at radius 3 is 2.79 bits per heavy atom. The van der Waals surface area contributed by atoms with Crippen LogP contribution in [0.4, 0.5) is 0 Å². The van der Waals surface area contributed by atoms with E-state index in [9.17, 15) is 4.79 Å². The highest BCUT2D eigenvalue weighted by Crippen LogP contribution is 2.33. The molecule has 4 heterocycles. The molecule has 0 unspecified atom stereocenters. The van der Waals surface area contributed by atoms with Gasteiger partial charge in [-0.1, -0.05) is 0 Å². The smallest absolute Gasteiger partial charge is 0.266 e. The highest BCUT2D eigenvalue weighted by molar-refractivity contribution is 7.17. The second-order valence-electron chi connectivity index (χ2n) is 6.67. The number of nitrogens with zero attached hydrogens (tertiary/aromatic N) is 5. The molecule has 2 saturated heterocycles. The van der Waals surface area contributed by atoms with Crippen LogP contribution in [0.15, 0.2) is 6.33 Å². The average Bonchev–Trinajstić information content (AvgIpc) is 3.33. The minimum Gasteiger partial charge on any atom is -0.333 e. The molecule has 1 N–H and O–H groups in total. The molecular weight excluding hydrogens is 324 g/mol. The zero-order valence-corrected chi connectivity index (χ0v) is 14.8. The molecule has 0 aliphatic carbocycles. The van der Waals surface area contributed by atoms with Crippen LogP contribution in [0.5, 0.6) is 0 Å². The topological polar surface area (TPSA) is 78.0 Å². The zero-order valence-electron chi connectivity index (χ0n) is 14.0. The standard InChI is InChI=1S/C16H22N6OS/c1-10-13(24-15(19-10)14-17-9-18-20-14)16(23)22-8-4-6-12(22)11-5-3-7-21(11)2/h9,11-12H,3-8H2,1-2H3,(H,17,18,20)/t11-,12-/m1/s1. The molecule has 2 aliphatic heterocycles. The Bertz CT molecular complexity index is 727. The number of rotatable bonds is 3. The number of thiazole rings is 1. The van der Waals surface area contributed by atoms with E-state index in [1.807, 2.05) is 6.92 Å². The second-order valence-corrected chi connectivity index (χ2v) is 7.67. The third kappa shape index (κ3) is 2.63. The molecule has 0 bridgehead atoms. The Kier molecular flexibility index (Phi) is 4.09. The van der Waals surface area contributed by atoms with E-state index < -0.39 is 0 Å². The lowest BCUT2D eigenvalue weighted by Crippen LogP contribution is -2.47. The summed E-state index contributed by atoms with van der Waals surface area (Å²) in [5.41, 5.74) is 0.779. The van der Waals surface area contributed by atoms with Gasteiger partial charge >= 0.3 is 0 Å². The quantitative estimate of drug-likeness (QED) is 0.919. The van der Waals surface area contributed by atoms with Gasteiger partial charge in [0, 0.05) is 18.6 Å². The van der Waals surface area contributed by atoms with E-state index >= 15 is 0 Å². The van der Waals surface area contributed by atoms with Gasteiger partial charge in [-0.3, -0.25) is 9.89 Å². The number of aromatic nitrogens is 4. The Labute approximate surface area is 145 Å². The third-order valence-corrected chi connectivity index (χ3v) is 6.34. The van der Waals surface area contributed by atoms with Gasteiger partial charge in [-0.2, -0.15) is 5.10 Å². The second kappa shape index (κ2) is 6.25. The van der Waals surface area contributed by atoms with Crippen LogP contribution in [-0.2, 0) is 0 Å². The Hall–Kier alpha value is -1.80. The largest absolute Gasteiger partial charge is 0.333 e. The van der Waals surface area contributed by atoms with Crippen molar-refractivity contribution in [3.8, 4) is 10.8 Å². The Balaban J connectivity index is 1.59. The molecule has 0 saturated carbocycles. The van der Waals surface area contributed by atoms with E-state index in [2.05, 4.69) is 37.0 Å². The van der Waals surface area contributed by atoms with Crippen LogP contribution < -0.4 is 0 Å². The van der Waals surface area contributed by atoms with E-state index in [1.165, 1.54) is 30.5 Å². The lowest BCUT2D eigenvalue weighted by atomic mass is 10.0. The summed E-state index contributed by atoms with van der Waals surface area (Å²) >= 11 is 1.41. The van der Waals surface area contributed by atoms with E-state index in [0.29, 0.717) is 17.9 Å². The first-order valence-corrected chi connectivity index (χ1v) is 9.31. The van der Waals surface area contributed by atoms with Gasteiger partial charge in [0.05, 0.1) is 5.69 Å². The van der Waals surface area contributed by atoms with Crippen LogP contribution in [0.25, 0.3) is 10.8 Å². The number of aryl methyl sites for hydroxylation is 1. The molecule has 128 valence electrons. The van der Waals surface area contributed by atoms with Crippen molar-refractivity contribution in [1.29, 1.82) is 0 Å². The Morgan fingerprint density at radius 1 is 1.29 bits per heavy atom. The number of likely N-dealkylation sites (N-methyl/N-ethyl adjacent to an activating group) is 1. The lowest BCUT2D eigenvalue weighted by Gasteiger charge is -2.33. The molecule has 8 heteroatoms. The molecule has 2 fully saturated rings. The molecule has 4 rings (SSSR count). The van der Waals surface area contributed by atoms with Gasteiger partial charge in [0.25, 0.3) is 5.91 Å². The number of H-pyrrole nitrogens is 1. The SMILES string of the molecule is Cc1nc(-c2ncn[nH]2)sc1C(=O)N1CCC[C@@H]1[C@H]1CCCN1C. The summed E-state index contributed by atoms with van der Waals surface area (Å²) in [6.07, 6.45) is 6.08. The fourth-order valence-corrected chi connectivity index (χ4v) is 4.97. The van der Waals surface area contributed by atoms with Crippen LogP contribution in [0.2, 0.25) is 0 Å². The molecule has 2 aromatic rings. The number of likely N-dealkylation sites (tertiary alicyclic amines) is 2. The number of aromatic amines is 1. The molecule has 0 aromatic carbocycles. The average molecular weight is 346 g/mol. The summed E-state index contributed by atoms with van der Waals surface area (Å²) < 4.78 is 0. The van der Waals surface area contributed by atoms with Crippen LogP contribution >= 0.6 is 11.3 Å². The van der Waals surface area contributed by atoms with Crippen molar-refractivity contribution in [2.75, 3.05) is 20.1 Å². The van der Waals surface area contributed by atoms with Gasteiger partial charge < -0.3 is 9.80 Å². The third-order valence-electron chi connectivity index (χ3n) is 5.19. The van der Waals surface area contributed by atoms with Crippen molar-refractivity contribution in [3.63, 3.8) is 0 Å². The molecule has 1 amide bonds. The fourth-order valence-electron chi connectivity index (χ4n) is 4.00. The summed E-state index contributed by atoms with van der Waals surface area (Å²) in [5, 5.41) is 7.40. The van der Waals surface area contributed by atoms with Crippen LogP contribution in [0.3, 0.4) is 0 Å². The molecule has 0 spiro atoms. The maximum Gasteiger partial charge on any atom is 0.266 e. The zero-order chi connectivity index (χ0) is 16.7. The van der Waals surface area contributed by atoms with E-state index in [-0.39, 0.29) is 5.91 Å². The van der Waals surface area contributed by atoms with Crippen LogP contribution in [0, 0.1) is 6.92 Å². The first kappa shape index (κ1) is 15.7. The molecule has 2 aromatic heterocycles. The van der Waals surface area contributed by atoms with Crippen molar-refractivity contribution in [2.45, 2.75) is 44.7 Å². The summed E-state index contributed by atoms with van der Waals surface area (Å²) in [6.45, 7) is 3.89. The van der Waals surface area contributed by atoms with Crippen LogP contribution in [-0.4, -0.2) is 68.1 Å². The fraction of sp³-hybridized carbons (Fsp3) is 0.625. The highest BCUT2D eigenvalue weighted by atomic mass is 32.1. The van der Waals surface area contributed by atoms with Crippen LogP contribution in [0.1, 0.15) is 41.0 Å². The Morgan fingerprint density at radius 2 is 2.08 bits per heavy atom. The normalized spacial score (nSPS) is 24.8. The minimum atomic E-state index is 0.124. The first-order chi connectivity index (χ1) is 11.6. The van der Waals surface area contributed by atoms with Gasteiger partial charge in [-0.25, -0.2) is 9.97 Å². The summed E-state index contributed by atoms with van der Waals surface area (Å²) in [6, 6.07) is 0.832. The predicted octanol–water partition coefficient (Wildman–Crippen LogP) is 1.94. The van der Waals surface area contributed by atoms with E-state index in [4.69, 9.17) is 0 Å².